The molecule has 0 radical (unpaired) electrons. The number of hydrogen-bond donors (Lipinski definition) is 1. The molecule has 2 nitrogen and oxygen atoms in total. The summed E-state index contributed by atoms with van der Waals surface area (Å²) in [4.78, 5) is 2.33. The summed E-state index contributed by atoms with van der Waals surface area (Å²) in [7, 11) is 0. The molecule has 0 aromatic heterocycles. The van der Waals surface area contributed by atoms with Crippen molar-refractivity contribution in [3.8, 4) is 0 Å². The number of nitrogens with zero attached hydrogens (tertiary/aromatic N) is 1. The topological polar surface area (TPSA) is 29.3 Å². The van der Waals surface area contributed by atoms with Crippen molar-refractivity contribution in [1.82, 2.24) is 0 Å². The van der Waals surface area contributed by atoms with E-state index >= 15 is 0 Å². The number of nitrogen functional groups attached to an aromatic ring is 1. The van der Waals surface area contributed by atoms with E-state index in [9.17, 15) is 4.39 Å². The first-order valence-electron chi connectivity index (χ1n) is 7.49. The van der Waals surface area contributed by atoms with E-state index in [1.165, 1.54) is 57.1 Å². The van der Waals surface area contributed by atoms with Gasteiger partial charge < -0.3 is 10.6 Å². The quantitative estimate of drug-likeness (QED) is 0.776. The monoisotopic (exact) mass is 262 g/mol. The minimum absolute atomic E-state index is 0.248. The molecule has 1 aromatic rings. The van der Waals surface area contributed by atoms with Gasteiger partial charge in [0.05, 0.1) is 11.4 Å². The van der Waals surface area contributed by atoms with Crippen LogP contribution >= 0.6 is 0 Å². The van der Waals surface area contributed by atoms with Crippen LogP contribution in [0.2, 0.25) is 0 Å². The minimum atomic E-state index is -0.248. The third-order valence-corrected chi connectivity index (χ3v) is 5.07. The summed E-state index contributed by atoms with van der Waals surface area (Å²) in [6.07, 6.45) is 9.56. The number of rotatable bonds is 1. The average molecular weight is 262 g/mol. The van der Waals surface area contributed by atoms with Crippen LogP contribution in [0.4, 0.5) is 15.8 Å². The lowest BCUT2D eigenvalue weighted by Gasteiger charge is -2.45. The molecule has 1 aromatic carbocycles. The summed E-state index contributed by atoms with van der Waals surface area (Å²) in [6.45, 7) is 2.13. The molecule has 1 spiro atoms. The molecule has 0 unspecified atom stereocenters. The van der Waals surface area contributed by atoms with E-state index in [-0.39, 0.29) is 5.82 Å². The summed E-state index contributed by atoms with van der Waals surface area (Å²) < 4.78 is 13.1. The number of benzene rings is 1. The maximum absolute atomic E-state index is 13.1. The molecule has 3 heteroatoms. The molecule has 2 N–H and O–H groups in total. The number of halogens is 1. The molecule has 2 aliphatic rings. The second kappa shape index (κ2) is 5.03. The summed E-state index contributed by atoms with van der Waals surface area (Å²) in [6, 6.07) is 4.76. The fourth-order valence-corrected chi connectivity index (χ4v) is 3.84. The Hall–Kier alpha value is -1.25. The molecule has 0 amide bonds. The molecule has 19 heavy (non-hydrogen) atoms. The second-order valence-corrected chi connectivity index (χ2v) is 6.25. The Balaban J connectivity index is 1.69. The molecule has 0 bridgehead atoms. The predicted octanol–water partition coefficient (Wildman–Crippen LogP) is 3.96. The Labute approximate surface area is 114 Å². The maximum atomic E-state index is 13.1. The Kier molecular flexibility index (Phi) is 3.38. The van der Waals surface area contributed by atoms with Crippen LogP contribution in [0.3, 0.4) is 0 Å². The Morgan fingerprint density at radius 2 is 1.68 bits per heavy atom. The number of nitrogens with two attached hydrogens (primary N) is 1. The van der Waals surface area contributed by atoms with E-state index in [2.05, 4.69) is 4.90 Å². The van der Waals surface area contributed by atoms with Gasteiger partial charge in [-0.3, -0.25) is 0 Å². The fraction of sp³-hybridized carbons (Fsp3) is 0.625. The first-order chi connectivity index (χ1) is 9.19. The number of hydrogen-bond acceptors (Lipinski definition) is 2. The van der Waals surface area contributed by atoms with Gasteiger partial charge in [0.25, 0.3) is 0 Å². The van der Waals surface area contributed by atoms with Gasteiger partial charge in [-0.15, -0.1) is 0 Å². The van der Waals surface area contributed by atoms with Gasteiger partial charge in [0.15, 0.2) is 0 Å². The van der Waals surface area contributed by atoms with Crippen molar-refractivity contribution in [2.75, 3.05) is 23.7 Å². The normalized spacial score (nSPS) is 22.7. The summed E-state index contributed by atoms with van der Waals surface area (Å²) in [5.41, 5.74) is 8.12. The standard InChI is InChI=1S/C16H23FN2/c17-13-4-5-15(14(18)12-13)19-10-8-16(9-11-19)6-2-1-3-7-16/h4-5,12H,1-3,6-11,18H2. The van der Waals surface area contributed by atoms with E-state index in [4.69, 9.17) is 5.73 Å². The van der Waals surface area contributed by atoms with Crippen LogP contribution in [0.25, 0.3) is 0 Å². The molecule has 1 aliphatic carbocycles. The van der Waals surface area contributed by atoms with Gasteiger partial charge in [-0.2, -0.15) is 0 Å². The second-order valence-electron chi connectivity index (χ2n) is 6.25. The van der Waals surface area contributed by atoms with Gasteiger partial charge in [-0.25, -0.2) is 4.39 Å². The van der Waals surface area contributed by atoms with Crippen LogP contribution < -0.4 is 10.6 Å². The van der Waals surface area contributed by atoms with Crippen LogP contribution in [-0.2, 0) is 0 Å². The van der Waals surface area contributed by atoms with Crippen LogP contribution in [0.1, 0.15) is 44.9 Å². The van der Waals surface area contributed by atoms with Crippen LogP contribution in [0.5, 0.6) is 0 Å². The minimum Gasteiger partial charge on any atom is -0.397 e. The van der Waals surface area contributed by atoms with Crippen molar-refractivity contribution in [2.45, 2.75) is 44.9 Å². The van der Waals surface area contributed by atoms with Crippen molar-refractivity contribution in [1.29, 1.82) is 0 Å². The smallest absolute Gasteiger partial charge is 0.125 e. The molecule has 1 saturated carbocycles. The van der Waals surface area contributed by atoms with E-state index in [0.717, 1.165) is 18.8 Å². The van der Waals surface area contributed by atoms with Crippen molar-refractivity contribution >= 4 is 11.4 Å². The van der Waals surface area contributed by atoms with E-state index < -0.39 is 0 Å². The van der Waals surface area contributed by atoms with Crippen LogP contribution in [0.15, 0.2) is 18.2 Å². The van der Waals surface area contributed by atoms with Crippen molar-refractivity contribution in [3.63, 3.8) is 0 Å². The lowest BCUT2D eigenvalue weighted by Crippen LogP contribution is -2.41. The largest absolute Gasteiger partial charge is 0.397 e. The molecule has 104 valence electrons. The first-order valence-corrected chi connectivity index (χ1v) is 7.49. The van der Waals surface area contributed by atoms with Gasteiger partial charge in [0, 0.05) is 13.1 Å². The van der Waals surface area contributed by atoms with Crippen LogP contribution in [-0.4, -0.2) is 13.1 Å². The summed E-state index contributed by atoms with van der Waals surface area (Å²) >= 11 is 0. The zero-order chi connectivity index (χ0) is 13.3. The Morgan fingerprint density at radius 1 is 1.00 bits per heavy atom. The summed E-state index contributed by atoms with van der Waals surface area (Å²) in [5, 5.41) is 0. The predicted molar refractivity (Wildman–Crippen MR) is 77.8 cm³/mol. The zero-order valence-corrected chi connectivity index (χ0v) is 11.5. The molecule has 2 fully saturated rings. The molecule has 1 heterocycles. The SMILES string of the molecule is Nc1cc(F)ccc1N1CCC2(CCCCC2)CC1. The average Bonchev–Trinajstić information content (AvgIpc) is 2.41. The van der Waals surface area contributed by atoms with Crippen LogP contribution in [0, 0.1) is 11.2 Å². The fourth-order valence-electron chi connectivity index (χ4n) is 3.84. The highest BCUT2D eigenvalue weighted by Crippen LogP contribution is 2.45. The Bertz CT molecular complexity index is 442. The third kappa shape index (κ3) is 2.56. The lowest BCUT2D eigenvalue weighted by atomic mass is 9.68. The third-order valence-electron chi connectivity index (χ3n) is 5.07. The maximum Gasteiger partial charge on any atom is 0.125 e. The zero-order valence-electron chi connectivity index (χ0n) is 11.5. The van der Waals surface area contributed by atoms with Gasteiger partial charge in [0.1, 0.15) is 5.82 Å². The highest BCUT2D eigenvalue weighted by atomic mass is 19.1. The van der Waals surface area contributed by atoms with Crippen molar-refractivity contribution in [3.05, 3.63) is 24.0 Å². The highest BCUT2D eigenvalue weighted by Gasteiger charge is 2.35. The molecule has 3 rings (SSSR count). The Morgan fingerprint density at radius 3 is 2.32 bits per heavy atom. The van der Waals surface area contributed by atoms with Crippen molar-refractivity contribution < 1.29 is 4.39 Å². The molecule has 1 aliphatic heterocycles. The van der Waals surface area contributed by atoms with Crippen molar-refractivity contribution in [2.24, 2.45) is 5.41 Å². The molecular formula is C16H23FN2. The van der Waals surface area contributed by atoms with Gasteiger partial charge in [0.2, 0.25) is 0 Å². The first kappa shape index (κ1) is 12.8. The van der Waals surface area contributed by atoms with Gasteiger partial charge in [-0.1, -0.05) is 19.3 Å². The van der Waals surface area contributed by atoms with E-state index in [1.807, 2.05) is 6.07 Å². The molecule has 0 atom stereocenters. The van der Waals surface area contributed by atoms with Gasteiger partial charge >= 0.3 is 0 Å². The molecular weight excluding hydrogens is 239 g/mol. The highest BCUT2D eigenvalue weighted by molar-refractivity contribution is 5.67. The lowest BCUT2D eigenvalue weighted by molar-refractivity contribution is 0.144. The number of anilines is 2. The summed E-state index contributed by atoms with van der Waals surface area (Å²) in [5.74, 6) is -0.248. The van der Waals surface area contributed by atoms with Gasteiger partial charge in [-0.05, 0) is 49.3 Å². The van der Waals surface area contributed by atoms with E-state index in [1.54, 1.807) is 0 Å². The number of piperidine rings is 1. The van der Waals surface area contributed by atoms with E-state index in [0.29, 0.717) is 11.1 Å². The molecule has 1 saturated heterocycles.